The van der Waals surface area contributed by atoms with Crippen molar-refractivity contribution in [1.82, 2.24) is 9.78 Å². The van der Waals surface area contributed by atoms with Crippen LogP contribution in [0.15, 0.2) is 24.3 Å². The van der Waals surface area contributed by atoms with E-state index in [0.717, 1.165) is 29.7 Å². The quantitative estimate of drug-likeness (QED) is 0.936. The van der Waals surface area contributed by atoms with E-state index < -0.39 is 0 Å². The lowest BCUT2D eigenvalue weighted by Crippen LogP contribution is -2.03. The van der Waals surface area contributed by atoms with E-state index in [1.165, 1.54) is 0 Å². The Balaban J connectivity index is 1.95. The van der Waals surface area contributed by atoms with Crippen LogP contribution in [-0.2, 0) is 13.2 Å². The van der Waals surface area contributed by atoms with Crippen LogP contribution in [0.3, 0.4) is 0 Å². The van der Waals surface area contributed by atoms with Crippen molar-refractivity contribution in [3.8, 4) is 0 Å². The molecule has 0 saturated heterocycles. The summed E-state index contributed by atoms with van der Waals surface area (Å²) >= 11 is 12.4. The Kier molecular flexibility index (Phi) is 3.52. The number of hydrogen-bond donors (Lipinski definition) is 1. The minimum Gasteiger partial charge on any atom is -0.391 e. The highest BCUT2D eigenvalue weighted by Crippen LogP contribution is 2.42. The molecular formula is C14H14Cl2N2O. The third-order valence-electron chi connectivity index (χ3n) is 3.41. The molecule has 0 radical (unpaired) electrons. The molecular weight excluding hydrogens is 283 g/mol. The van der Waals surface area contributed by atoms with Crippen molar-refractivity contribution in [2.45, 2.75) is 31.9 Å². The van der Waals surface area contributed by atoms with Gasteiger partial charge in [0.15, 0.2) is 0 Å². The fourth-order valence-corrected chi connectivity index (χ4v) is 2.67. The molecule has 1 aliphatic carbocycles. The highest BCUT2D eigenvalue weighted by Gasteiger charge is 2.31. The Morgan fingerprint density at radius 3 is 2.63 bits per heavy atom. The summed E-state index contributed by atoms with van der Waals surface area (Å²) in [4.78, 5) is 0. The first kappa shape index (κ1) is 13.0. The zero-order valence-corrected chi connectivity index (χ0v) is 11.8. The highest BCUT2D eigenvalue weighted by atomic mass is 35.5. The van der Waals surface area contributed by atoms with E-state index >= 15 is 0 Å². The van der Waals surface area contributed by atoms with Gasteiger partial charge in [0, 0.05) is 16.5 Å². The van der Waals surface area contributed by atoms with Gasteiger partial charge in [0.25, 0.3) is 0 Å². The molecule has 0 spiro atoms. The average Bonchev–Trinajstić information content (AvgIpc) is 3.19. The van der Waals surface area contributed by atoms with Crippen molar-refractivity contribution in [2.24, 2.45) is 0 Å². The summed E-state index contributed by atoms with van der Waals surface area (Å²) in [5, 5.41) is 15.2. The molecule has 0 aliphatic heterocycles. The van der Waals surface area contributed by atoms with Crippen molar-refractivity contribution < 1.29 is 5.11 Å². The van der Waals surface area contributed by atoms with Crippen molar-refractivity contribution >= 4 is 23.2 Å². The number of aliphatic hydroxyl groups excluding tert-OH is 1. The van der Waals surface area contributed by atoms with Gasteiger partial charge in [-0.2, -0.15) is 5.10 Å². The molecule has 2 aromatic rings. The molecule has 1 fully saturated rings. The van der Waals surface area contributed by atoms with Gasteiger partial charge in [-0.05, 0) is 24.5 Å². The number of benzene rings is 1. The smallest absolute Gasteiger partial charge is 0.133 e. The monoisotopic (exact) mass is 296 g/mol. The Labute approximate surface area is 121 Å². The first-order valence-corrected chi connectivity index (χ1v) is 7.05. The van der Waals surface area contributed by atoms with Crippen LogP contribution in [0.5, 0.6) is 0 Å². The Bertz CT molecular complexity index is 605. The van der Waals surface area contributed by atoms with Gasteiger partial charge < -0.3 is 5.11 Å². The molecule has 19 heavy (non-hydrogen) atoms. The van der Waals surface area contributed by atoms with E-state index in [4.69, 9.17) is 23.2 Å². The average molecular weight is 297 g/mol. The lowest BCUT2D eigenvalue weighted by atomic mass is 10.2. The third kappa shape index (κ3) is 2.50. The highest BCUT2D eigenvalue weighted by molar-refractivity contribution is 6.31. The molecule has 1 heterocycles. The zero-order valence-electron chi connectivity index (χ0n) is 10.3. The van der Waals surface area contributed by atoms with Crippen molar-refractivity contribution in [2.75, 3.05) is 0 Å². The van der Waals surface area contributed by atoms with Crippen LogP contribution in [-0.4, -0.2) is 14.9 Å². The number of rotatable bonds is 4. The molecule has 0 bridgehead atoms. The van der Waals surface area contributed by atoms with Gasteiger partial charge in [-0.3, -0.25) is 0 Å². The van der Waals surface area contributed by atoms with E-state index in [-0.39, 0.29) is 6.61 Å². The summed E-state index contributed by atoms with van der Waals surface area (Å²) in [6.45, 7) is 0.464. The number of aliphatic hydroxyl groups is 1. The van der Waals surface area contributed by atoms with E-state index in [0.29, 0.717) is 22.6 Å². The van der Waals surface area contributed by atoms with Gasteiger partial charge in [0.1, 0.15) is 5.15 Å². The summed E-state index contributed by atoms with van der Waals surface area (Å²) in [7, 11) is 0. The molecule has 3 rings (SSSR count). The molecule has 0 atom stereocenters. The predicted octanol–water partition coefficient (Wildman–Crippen LogP) is 3.61. The van der Waals surface area contributed by atoms with Crippen LogP contribution in [0.4, 0.5) is 0 Å². The van der Waals surface area contributed by atoms with Gasteiger partial charge in [0.2, 0.25) is 0 Å². The molecule has 1 saturated carbocycles. The largest absolute Gasteiger partial charge is 0.391 e. The van der Waals surface area contributed by atoms with Crippen molar-refractivity contribution in [1.29, 1.82) is 0 Å². The lowest BCUT2D eigenvalue weighted by molar-refractivity contribution is 0.280. The fourth-order valence-electron chi connectivity index (χ4n) is 2.22. The summed E-state index contributed by atoms with van der Waals surface area (Å²) in [5.74, 6) is 0.465. The van der Waals surface area contributed by atoms with Crippen LogP contribution in [0.1, 0.15) is 35.6 Å². The molecule has 1 N–H and O–H groups in total. The van der Waals surface area contributed by atoms with Gasteiger partial charge in [-0.25, -0.2) is 4.68 Å². The molecule has 3 nitrogen and oxygen atoms in total. The second-order valence-electron chi connectivity index (χ2n) is 4.84. The second-order valence-corrected chi connectivity index (χ2v) is 5.60. The van der Waals surface area contributed by atoms with Crippen LogP contribution < -0.4 is 0 Å². The molecule has 1 aromatic heterocycles. The molecule has 1 aliphatic rings. The van der Waals surface area contributed by atoms with E-state index in [1.54, 1.807) is 4.68 Å². The number of halogens is 2. The van der Waals surface area contributed by atoms with Gasteiger partial charge >= 0.3 is 0 Å². The van der Waals surface area contributed by atoms with E-state index in [9.17, 15) is 5.11 Å². The number of nitrogens with zero attached hydrogens (tertiary/aromatic N) is 2. The second kappa shape index (κ2) is 5.16. The van der Waals surface area contributed by atoms with Gasteiger partial charge in [0.05, 0.1) is 18.8 Å². The van der Waals surface area contributed by atoms with Crippen LogP contribution >= 0.6 is 23.2 Å². The summed E-state index contributed by atoms with van der Waals surface area (Å²) in [6.07, 6.45) is 2.26. The molecule has 5 heteroatoms. The molecule has 1 aromatic carbocycles. The van der Waals surface area contributed by atoms with E-state index in [1.807, 2.05) is 24.3 Å². The standard InChI is InChI=1S/C14H14Cl2N2O/c15-12-4-2-1-3-10(12)7-18-14(16)11(8-19)13(17-18)9-5-6-9/h1-4,9,19H,5-8H2. The SMILES string of the molecule is OCc1c(C2CC2)nn(Cc2ccccc2Cl)c1Cl. The lowest BCUT2D eigenvalue weighted by Gasteiger charge is -2.05. The molecule has 0 unspecified atom stereocenters. The maximum absolute atomic E-state index is 9.45. The third-order valence-corrected chi connectivity index (χ3v) is 4.21. The van der Waals surface area contributed by atoms with Crippen LogP contribution in [0, 0.1) is 0 Å². The predicted molar refractivity (Wildman–Crippen MR) is 75.7 cm³/mol. The molecule has 0 amide bonds. The zero-order chi connectivity index (χ0) is 13.4. The fraction of sp³-hybridized carbons (Fsp3) is 0.357. The topological polar surface area (TPSA) is 38.1 Å². The van der Waals surface area contributed by atoms with E-state index in [2.05, 4.69) is 5.10 Å². The Morgan fingerprint density at radius 1 is 1.26 bits per heavy atom. The minimum absolute atomic E-state index is 0.0623. The molecule has 100 valence electrons. The summed E-state index contributed by atoms with van der Waals surface area (Å²) in [5.41, 5.74) is 2.68. The van der Waals surface area contributed by atoms with Crippen molar-refractivity contribution in [3.63, 3.8) is 0 Å². The van der Waals surface area contributed by atoms with Crippen LogP contribution in [0.2, 0.25) is 10.2 Å². The van der Waals surface area contributed by atoms with Gasteiger partial charge in [-0.1, -0.05) is 41.4 Å². The minimum atomic E-state index is -0.0623. The summed E-state index contributed by atoms with van der Waals surface area (Å²) in [6, 6.07) is 7.64. The Hall–Kier alpha value is -1.03. The maximum atomic E-state index is 9.45. The Morgan fingerprint density at radius 2 is 2.00 bits per heavy atom. The normalized spacial score (nSPS) is 14.9. The first-order chi connectivity index (χ1) is 9.20. The number of hydrogen-bond acceptors (Lipinski definition) is 2. The first-order valence-electron chi connectivity index (χ1n) is 6.30. The van der Waals surface area contributed by atoms with Crippen LogP contribution in [0.25, 0.3) is 0 Å². The van der Waals surface area contributed by atoms with Gasteiger partial charge in [-0.15, -0.1) is 0 Å². The van der Waals surface area contributed by atoms with Crippen molar-refractivity contribution in [3.05, 3.63) is 51.3 Å². The maximum Gasteiger partial charge on any atom is 0.133 e. The summed E-state index contributed by atoms with van der Waals surface area (Å²) < 4.78 is 1.72. The number of aromatic nitrogens is 2.